The second-order valence-corrected chi connectivity index (χ2v) is 18.6. The molecule has 0 aliphatic carbocycles. The van der Waals surface area contributed by atoms with Crippen molar-refractivity contribution >= 4 is 89.8 Å². The number of rotatable bonds is 6. The molecule has 0 atom stereocenters. The van der Waals surface area contributed by atoms with Crippen molar-refractivity contribution in [2.75, 3.05) is 0 Å². The molecule has 3 aromatic heterocycles. The van der Waals surface area contributed by atoms with E-state index in [1.807, 2.05) is 6.07 Å². The van der Waals surface area contributed by atoms with Gasteiger partial charge in [-0.15, -0.1) is 0 Å². The normalized spacial score (nSPS) is 12.6. The molecular weight excluding hydrogens is 880 g/mol. The molecule has 7 nitrogen and oxygen atoms in total. The number of benzene rings is 10. The smallest absolute Gasteiger partial charge is 0.255 e. The summed E-state index contributed by atoms with van der Waals surface area (Å²) in [5.41, 5.74) is 13.8. The van der Waals surface area contributed by atoms with Gasteiger partial charge in [-0.3, -0.25) is 9.13 Å². The first-order valence-electron chi connectivity index (χ1n) is 24.4. The van der Waals surface area contributed by atoms with Crippen LogP contribution in [0.2, 0.25) is 0 Å². The van der Waals surface area contributed by atoms with Gasteiger partial charge < -0.3 is 9.47 Å². The van der Waals surface area contributed by atoms with Crippen LogP contribution in [0.3, 0.4) is 0 Å². The van der Waals surface area contributed by atoms with Crippen LogP contribution in [0.1, 0.15) is 0 Å². The van der Waals surface area contributed by atoms with Crippen molar-refractivity contribution in [2.24, 2.45) is 0 Å². The minimum absolute atomic E-state index is 0.112. The maximum atomic E-state index is 7.19. The van der Waals surface area contributed by atoms with E-state index in [0.717, 1.165) is 99.5 Å². The Morgan fingerprint density at radius 2 is 0.819 bits per heavy atom. The van der Waals surface area contributed by atoms with E-state index >= 15 is 0 Å². The molecule has 10 aromatic carbocycles. The second kappa shape index (κ2) is 16.1. The van der Waals surface area contributed by atoms with Crippen LogP contribution in [0.4, 0.5) is 0 Å². The van der Waals surface area contributed by atoms with Crippen LogP contribution in [0.15, 0.2) is 237 Å². The number of ether oxygens (including phenoxy) is 2. The van der Waals surface area contributed by atoms with Gasteiger partial charge in [-0.2, -0.15) is 15.0 Å². The van der Waals surface area contributed by atoms with Crippen molar-refractivity contribution < 1.29 is 9.47 Å². The largest absolute Gasteiger partial charge is 0.459 e. The molecule has 0 saturated heterocycles. The van der Waals surface area contributed by atoms with E-state index in [4.69, 9.17) is 24.4 Å². The fourth-order valence-electron chi connectivity index (χ4n) is 11.6. The van der Waals surface area contributed by atoms with Crippen LogP contribution in [0, 0.1) is 0 Å². The minimum Gasteiger partial charge on any atom is -0.459 e. The zero-order valence-corrected chi connectivity index (χ0v) is 38.7. The number of para-hydroxylation sites is 6. The van der Waals surface area contributed by atoms with E-state index in [1.165, 1.54) is 16.6 Å². The minimum atomic E-state index is -0.273. The Bertz CT molecular complexity index is 4100. The maximum Gasteiger partial charge on any atom is 0.255 e. The van der Waals surface area contributed by atoms with Crippen LogP contribution in [-0.2, 0) is 0 Å². The first kappa shape index (κ1) is 40.4. The van der Waals surface area contributed by atoms with Gasteiger partial charge >= 0.3 is 0 Å². The van der Waals surface area contributed by atoms with Crippen molar-refractivity contribution in [1.82, 2.24) is 24.1 Å². The lowest BCUT2D eigenvalue weighted by Crippen LogP contribution is -2.60. The fourth-order valence-corrected chi connectivity index (χ4v) is 11.6. The van der Waals surface area contributed by atoms with E-state index in [2.05, 4.69) is 240 Å². The first-order chi connectivity index (χ1) is 35.7. The zero-order chi connectivity index (χ0) is 47.3. The quantitative estimate of drug-likeness (QED) is 0.156. The van der Waals surface area contributed by atoms with Gasteiger partial charge in [0.1, 0.15) is 23.0 Å². The molecule has 0 bridgehead atoms. The molecule has 0 amide bonds. The second-order valence-electron chi connectivity index (χ2n) is 18.6. The van der Waals surface area contributed by atoms with Gasteiger partial charge in [-0.1, -0.05) is 205 Å². The number of hydrogen-bond donors (Lipinski definition) is 0. The van der Waals surface area contributed by atoms with Crippen LogP contribution in [0.25, 0.3) is 78.0 Å². The number of hydrogen-bond acceptors (Lipinski definition) is 5. The summed E-state index contributed by atoms with van der Waals surface area (Å²) in [7, 11) is 0. The number of fused-ring (bicyclic) bond motifs is 11. The molecule has 0 spiro atoms. The average molecular weight is 920 g/mol. The first-order valence-corrected chi connectivity index (χ1v) is 24.4. The lowest BCUT2D eigenvalue weighted by atomic mass is 9.31. The van der Waals surface area contributed by atoms with Crippen molar-refractivity contribution in [3.63, 3.8) is 0 Å². The van der Waals surface area contributed by atoms with Crippen LogP contribution >= 0.6 is 0 Å². The molecule has 15 rings (SSSR count). The van der Waals surface area contributed by atoms with E-state index in [-0.39, 0.29) is 13.4 Å². The highest BCUT2D eigenvalue weighted by Gasteiger charge is 2.42. The van der Waals surface area contributed by atoms with Crippen molar-refractivity contribution in [3.05, 3.63) is 237 Å². The molecule has 0 N–H and O–H groups in total. The van der Waals surface area contributed by atoms with Gasteiger partial charge in [0.25, 0.3) is 13.4 Å². The zero-order valence-electron chi connectivity index (χ0n) is 38.7. The molecule has 9 heteroatoms. The van der Waals surface area contributed by atoms with Crippen LogP contribution in [-0.4, -0.2) is 37.5 Å². The molecule has 0 fully saturated rings. The molecule has 5 heterocycles. The van der Waals surface area contributed by atoms with Gasteiger partial charge in [-0.25, -0.2) is 0 Å². The Balaban J connectivity index is 0.956. The fraction of sp³-hybridized carbons (Fsp3) is 0. The van der Waals surface area contributed by atoms with Gasteiger partial charge in [0.05, 0.1) is 22.1 Å². The molecule has 0 radical (unpaired) electrons. The predicted molar refractivity (Wildman–Crippen MR) is 295 cm³/mol. The van der Waals surface area contributed by atoms with E-state index < -0.39 is 0 Å². The summed E-state index contributed by atoms with van der Waals surface area (Å²) in [5, 5.41) is 4.52. The topological polar surface area (TPSA) is 67.0 Å². The third-order valence-corrected chi connectivity index (χ3v) is 14.7. The van der Waals surface area contributed by atoms with Crippen LogP contribution < -0.4 is 42.3 Å². The van der Waals surface area contributed by atoms with E-state index in [1.54, 1.807) is 0 Å². The SMILES string of the molecule is c1ccc(-c2ccccc2B2c3ccccc3Oc3c2ccc2c3B(c3cccc(-c4nc(-n5c6ccccc6c6ccccc65)nc(-n5c6ccccc6c6ccccc65)n4)c3)c3ccccc3O2)cc1. The average Bonchev–Trinajstić information content (AvgIpc) is 3.97. The summed E-state index contributed by atoms with van der Waals surface area (Å²) in [6.07, 6.45) is 0. The number of aromatic nitrogens is 5. The highest BCUT2D eigenvalue weighted by atomic mass is 16.5. The van der Waals surface area contributed by atoms with Crippen molar-refractivity contribution in [1.29, 1.82) is 0 Å². The molecule has 0 unspecified atom stereocenters. The standard InChI is InChI=1S/C63H39B2N5O2/c1-2-19-40(20-3-1)43-23-4-9-28-48(43)65-50-30-11-17-36-57(50)72-60-51(65)37-38-58-59(60)64(49-29-10-16-35-56(49)71-58)42-22-18-21-41(39-42)61-66-62(69-52-31-12-5-24-44(52)45-25-6-13-32-53(45)69)68-63(67-61)70-54-33-14-7-26-46(54)47-27-8-15-34-55(47)70/h1-39H. The Morgan fingerprint density at radius 3 is 1.43 bits per heavy atom. The van der Waals surface area contributed by atoms with Gasteiger partial charge in [0.2, 0.25) is 11.9 Å². The highest BCUT2D eigenvalue weighted by Crippen LogP contribution is 2.36. The lowest BCUT2D eigenvalue weighted by molar-refractivity contribution is 0.469. The molecule has 13 aromatic rings. The Kier molecular flexibility index (Phi) is 9.01. The number of nitrogens with zero attached hydrogens (tertiary/aromatic N) is 5. The predicted octanol–water partition coefficient (Wildman–Crippen LogP) is 10.6. The summed E-state index contributed by atoms with van der Waals surface area (Å²) >= 11 is 0. The third-order valence-electron chi connectivity index (χ3n) is 14.7. The summed E-state index contributed by atoms with van der Waals surface area (Å²) in [6, 6.07) is 83.2. The Morgan fingerprint density at radius 1 is 0.333 bits per heavy atom. The molecule has 72 heavy (non-hydrogen) atoms. The monoisotopic (exact) mass is 919 g/mol. The molecule has 334 valence electrons. The van der Waals surface area contributed by atoms with Gasteiger partial charge in [0, 0.05) is 32.6 Å². The summed E-state index contributed by atoms with van der Waals surface area (Å²) < 4.78 is 18.4. The molecular formula is C63H39B2N5O2. The van der Waals surface area contributed by atoms with Crippen molar-refractivity contribution in [3.8, 4) is 57.4 Å². The highest BCUT2D eigenvalue weighted by molar-refractivity contribution is 7.00. The molecule has 0 saturated carbocycles. The molecule has 2 aliphatic heterocycles. The Labute approximate surface area is 415 Å². The maximum absolute atomic E-state index is 7.19. The van der Waals surface area contributed by atoms with Gasteiger partial charge in [0.15, 0.2) is 5.82 Å². The van der Waals surface area contributed by atoms with E-state index in [0.29, 0.717) is 17.7 Å². The third kappa shape index (κ3) is 6.17. The molecule has 2 aliphatic rings. The lowest BCUT2D eigenvalue weighted by Gasteiger charge is -2.34. The summed E-state index contributed by atoms with van der Waals surface area (Å²) in [6.45, 7) is -0.384. The van der Waals surface area contributed by atoms with Crippen LogP contribution in [0.5, 0.6) is 23.0 Å². The summed E-state index contributed by atoms with van der Waals surface area (Å²) in [4.78, 5) is 16.3. The summed E-state index contributed by atoms with van der Waals surface area (Å²) in [5.74, 6) is 4.84. The van der Waals surface area contributed by atoms with Crippen molar-refractivity contribution in [2.45, 2.75) is 0 Å². The Hall–Kier alpha value is -9.46. The van der Waals surface area contributed by atoms with Gasteiger partial charge in [-0.05, 0) is 70.0 Å². The van der Waals surface area contributed by atoms with E-state index in [9.17, 15) is 0 Å².